The van der Waals surface area contributed by atoms with Crippen LogP contribution in [0.25, 0.3) is 16.3 Å². The van der Waals surface area contributed by atoms with Gasteiger partial charge in [-0.25, -0.2) is 9.07 Å². The van der Waals surface area contributed by atoms with Gasteiger partial charge in [-0.1, -0.05) is 6.07 Å². The second kappa shape index (κ2) is 6.34. The first-order chi connectivity index (χ1) is 11.0. The summed E-state index contributed by atoms with van der Waals surface area (Å²) in [6.45, 7) is 3.80. The molecule has 0 bridgehead atoms. The number of hydrogen-bond acceptors (Lipinski definition) is 3. The first kappa shape index (κ1) is 15.4. The number of carbonyl (C=O) groups is 1. The van der Waals surface area contributed by atoms with Crippen molar-refractivity contribution >= 4 is 17.2 Å². The lowest BCUT2D eigenvalue weighted by molar-refractivity contribution is 0.0937. The first-order valence-corrected chi connectivity index (χ1v) is 8.13. The molecule has 1 aromatic carbocycles. The van der Waals surface area contributed by atoms with Gasteiger partial charge in [-0.2, -0.15) is 5.10 Å². The van der Waals surface area contributed by atoms with Crippen molar-refractivity contribution < 1.29 is 9.18 Å². The molecule has 3 rings (SSSR count). The van der Waals surface area contributed by atoms with Gasteiger partial charge in [0.15, 0.2) is 5.69 Å². The number of benzene rings is 1. The fraction of sp³-hybridized carbons (Fsp3) is 0.176. The van der Waals surface area contributed by atoms with Crippen molar-refractivity contribution in [2.24, 2.45) is 0 Å². The molecule has 0 unspecified atom stereocenters. The van der Waals surface area contributed by atoms with E-state index in [4.69, 9.17) is 0 Å². The molecule has 2 aromatic heterocycles. The molecule has 4 nitrogen and oxygen atoms in total. The summed E-state index contributed by atoms with van der Waals surface area (Å²) in [4.78, 5) is 13.2. The van der Waals surface area contributed by atoms with Crippen LogP contribution in [0.15, 0.2) is 47.8 Å². The maximum atomic E-state index is 13.2. The topological polar surface area (TPSA) is 46.9 Å². The molecule has 0 aliphatic rings. The van der Waals surface area contributed by atoms with E-state index in [0.29, 0.717) is 11.4 Å². The van der Waals surface area contributed by atoms with E-state index in [1.54, 1.807) is 34.2 Å². The summed E-state index contributed by atoms with van der Waals surface area (Å²) >= 11 is 1.56. The zero-order chi connectivity index (χ0) is 16.4. The summed E-state index contributed by atoms with van der Waals surface area (Å²) in [5.74, 6) is -0.532. The molecular formula is C17H16FN3OS. The Kier molecular flexibility index (Phi) is 4.25. The highest BCUT2D eigenvalue weighted by Crippen LogP contribution is 2.28. The lowest BCUT2D eigenvalue weighted by atomic mass is 10.2. The van der Waals surface area contributed by atoms with Gasteiger partial charge in [0.1, 0.15) is 5.82 Å². The van der Waals surface area contributed by atoms with Crippen LogP contribution >= 0.6 is 11.3 Å². The van der Waals surface area contributed by atoms with Crippen molar-refractivity contribution in [2.75, 3.05) is 0 Å². The molecule has 0 saturated carbocycles. The van der Waals surface area contributed by atoms with Gasteiger partial charge in [0.05, 0.1) is 16.3 Å². The average Bonchev–Trinajstić information content (AvgIpc) is 3.16. The molecule has 0 saturated heterocycles. The molecule has 1 amide bonds. The van der Waals surface area contributed by atoms with Gasteiger partial charge in [-0.15, -0.1) is 11.3 Å². The molecular weight excluding hydrogens is 313 g/mol. The third-order valence-corrected chi connectivity index (χ3v) is 4.10. The van der Waals surface area contributed by atoms with E-state index >= 15 is 0 Å². The Bertz CT molecular complexity index is 807. The van der Waals surface area contributed by atoms with E-state index in [2.05, 4.69) is 10.4 Å². The maximum absolute atomic E-state index is 13.2. The molecule has 118 valence electrons. The van der Waals surface area contributed by atoms with Gasteiger partial charge in [0.25, 0.3) is 5.91 Å². The predicted molar refractivity (Wildman–Crippen MR) is 89.4 cm³/mol. The minimum atomic E-state index is -0.309. The summed E-state index contributed by atoms with van der Waals surface area (Å²) in [6, 6.07) is 11.7. The quantitative estimate of drug-likeness (QED) is 0.789. The van der Waals surface area contributed by atoms with E-state index in [9.17, 15) is 9.18 Å². The molecule has 23 heavy (non-hydrogen) atoms. The number of nitrogens with one attached hydrogen (secondary N) is 1. The molecule has 0 aliphatic carbocycles. The molecule has 0 radical (unpaired) electrons. The minimum absolute atomic E-state index is 0.0312. The van der Waals surface area contributed by atoms with Crippen LogP contribution in [0.4, 0.5) is 4.39 Å². The molecule has 0 aliphatic heterocycles. The average molecular weight is 329 g/mol. The Balaban J connectivity index is 2.07. The predicted octanol–water partition coefficient (Wildman–Crippen LogP) is 3.88. The van der Waals surface area contributed by atoms with Gasteiger partial charge >= 0.3 is 0 Å². The lowest BCUT2D eigenvalue weighted by Gasteiger charge is -2.06. The number of amides is 1. The largest absolute Gasteiger partial charge is 0.348 e. The fourth-order valence-corrected chi connectivity index (χ4v) is 2.93. The maximum Gasteiger partial charge on any atom is 0.272 e. The smallest absolute Gasteiger partial charge is 0.272 e. The van der Waals surface area contributed by atoms with Crippen molar-refractivity contribution in [3.63, 3.8) is 0 Å². The Morgan fingerprint density at radius 3 is 2.61 bits per heavy atom. The lowest BCUT2D eigenvalue weighted by Crippen LogP contribution is -2.30. The van der Waals surface area contributed by atoms with Crippen molar-refractivity contribution in [1.29, 1.82) is 0 Å². The summed E-state index contributed by atoms with van der Waals surface area (Å²) in [5, 5.41) is 9.21. The zero-order valence-corrected chi connectivity index (χ0v) is 13.6. The third kappa shape index (κ3) is 3.32. The Hall–Kier alpha value is -2.47. The summed E-state index contributed by atoms with van der Waals surface area (Å²) in [5.41, 5.74) is 1.85. The van der Waals surface area contributed by atoms with E-state index in [1.807, 2.05) is 31.4 Å². The highest BCUT2D eigenvalue weighted by molar-refractivity contribution is 7.13. The van der Waals surface area contributed by atoms with Crippen LogP contribution in [-0.4, -0.2) is 21.7 Å². The SMILES string of the molecule is CC(C)NC(=O)c1cc(-c2cccs2)n(-c2ccc(F)cc2)n1. The van der Waals surface area contributed by atoms with Crippen LogP contribution in [0.1, 0.15) is 24.3 Å². The molecule has 6 heteroatoms. The van der Waals surface area contributed by atoms with Crippen LogP contribution in [0.5, 0.6) is 0 Å². The minimum Gasteiger partial charge on any atom is -0.348 e. The second-order valence-electron chi connectivity index (χ2n) is 5.41. The second-order valence-corrected chi connectivity index (χ2v) is 6.36. The number of hydrogen-bond donors (Lipinski definition) is 1. The van der Waals surface area contributed by atoms with Crippen LogP contribution in [-0.2, 0) is 0 Å². The van der Waals surface area contributed by atoms with Gasteiger partial charge in [-0.3, -0.25) is 4.79 Å². The number of rotatable bonds is 4. The van der Waals surface area contributed by atoms with Crippen LogP contribution in [0.2, 0.25) is 0 Å². The highest BCUT2D eigenvalue weighted by atomic mass is 32.1. The first-order valence-electron chi connectivity index (χ1n) is 7.25. The van der Waals surface area contributed by atoms with E-state index in [1.165, 1.54) is 12.1 Å². The normalized spacial score (nSPS) is 11.0. The Labute approximate surface area is 137 Å². The number of thiophene rings is 1. The summed E-state index contributed by atoms with van der Waals surface area (Å²) in [6.07, 6.45) is 0. The fourth-order valence-electron chi connectivity index (χ4n) is 2.21. The number of carbonyl (C=O) groups excluding carboxylic acids is 1. The highest BCUT2D eigenvalue weighted by Gasteiger charge is 2.17. The number of nitrogens with zero attached hydrogens (tertiary/aromatic N) is 2. The van der Waals surface area contributed by atoms with Crippen LogP contribution in [0.3, 0.4) is 0 Å². The molecule has 2 heterocycles. The molecule has 0 atom stereocenters. The Morgan fingerprint density at radius 2 is 2.00 bits per heavy atom. The van der Waals surface area contributed by atoms with Crippen LogP contribution < -0.4 is 5.32 Å². The van der Waals surface area contributed by atoms with Crippen LogP contribution in [0, 0.1) is 5.82 Å². The molecule has 0 spiro atoms. The summed E-state index contributed by atoms with van der Waals surface area (Å²) in [7, 11) is 0. The van der Waals surface area contributed by atoms with Crippen molar-refractivity contribution in [3.8, 4) is 16.3 Å². The molecule has 1 N–H and O–H groups in total. The van der Waals surface area contributed by atoms with E-state index < -0.39 is 0 Å². The van der Waals surface area contributed by atoms with Crippen molar-refractivity contribution in [3.05, 3.63) is 59.4 Å². The van der Waals surface area contributed by atoms with Gasteiger partial charge < -0.3 is 5.32 Å². The third-order valence-electron chi connectivity index (χ3n) is 3.21. The standard InChI is InChI=1S/C17H16FN3OS/c1-11(2)19-17(22)14-10-15(16-4-3-9-23-16)21(20-14)13-7-5-12(18)6-8-13/h3-11H,1-2H3,(H,19,22). The molecule has 3 aromatic rings. The van der Waals surface area contributed by atoms with E-state index in [-0.39, 0.29) is 17.8 Å². The monoisotopic (exact) mass is 329 g/mol. The zero-order valence-electron chi connectivity index (χ0n) is 12.8. The van der Waals surface area contributed by atoms with E-state index in [0.717, 1.165) is 10.6 Å². The summed E-state index contributed by atoms with van der Waals surface area (Å²) < 4.78 is 14.8. The van der Waals surface area contributed by atoms with Gasteiger partial charge in [0, 0.05) is 6.04 Å². The van der Waals surface area contributed by atoms with Crippen molar-refractivity contribution in [1.82, 2.24) is 15.1 Å². The van der Waals surface area contributed by atoms with Gasteiger partial charge in [0.2, 0.25) is 0 Å². The Morgan fingerprint density at radius 1 is 1.26 bits per heavy atom. The number of halogens is 1. The number of aromatic nitrogens is 2. The van der Waals surface area contributed by atoms with Gasteiger partial charge in [-0.05, 0) is 55.6 Å². The van der Waals surface area contributed by atoms with Crippen molar-refractivity contribution in [2.45, 2.75) is 19.9 Å². The molecule has 0 fully saturated rings.